The molecule has 0 aromatic heterocycles. The van der Waals surface area contributed by atoms with Gasteiger partial charge >= 0.3 is 5.97 Å². The lowest BCUT2D eigenvalue weighted by molar-refractivity contribution is 0.0714. The normalized spacial score (nSPS) is 19.3. The van der Waals surface area contributed by atoms with Crippen molar-refractivity contribution in [3.63, 3.8) is 0 Å². The molecule has 0 unspecified atom stereocenters. The molecule has 0 saturated heterocycles. The van der Waals surface area contributed by atoms with Crippen molar-refractivity contribution in [3.05, 3.63) is 101 Å². The molecule has 0 fully saturated rings. The summed E-state index contributed by atoms with van der Waals surface area (Å²) in [5.74, 6) is 0.455. The van der Waals surface area contributed by atoms with Gasteiger partial charge in [0.05, 0.1) is 5.56 Å². The molecule has 0 spiro atoms. The van der Waals surface area contributed by atoms with E-state index in [-0.39, 0.29) is 5.97 Å². The first-order valence-electron chi connectivity index (χ1n) is 7.77. The van der Waals surface area contributed by atoms with Gasteiger partial charge in [-0.25, -0.2) is 4.79 Å². The van der Waals surface area contributed by atoms with Crippen LogP contribution in [0.4, 0.5) is 0 Å². The molecule has 2 nitrogen and oxygen atoms in total. The molecule has 0 radical (unpaired) electrons. The smallest absolute Gasteiger partial charge is 0.344 e. The standard InChI is InChI=1S/C21H16O2/c22-21-19-12-5-4-11-18(19)20(23-21)17-10-6-9-16(14-17)13-15-7-2-1-3-8-15/h1-9,11-12,14H,10,13H2/b20-17-. The lowest BCUT2D eigenvalue weighted by Crippen LogP contribution is -1.97. The molecule has 23 heavy (non-hydrogen) atoms. The highest BCUT2D eigenvalue weighted by molar-refractivity contribution is 6.03. The van der Waals surface area contributed by atoms with Crippen LogP contribution in [0.1, 0.15) is 27.9 Å². The third kappa shape index (κ3) is 2.64. The van der Waals surface area contributed by atoms with Crippen LogP contribution in [0.25, 0.3) is 5.76 Å². The van der Waals surface area contributed by atoms with Crippen molar-refractivity contribution in [2.45, 2.75) is 12.8 Å². The summed E-state index contributed by atoms with van der Waals surface area (Å²) in [5, 5.41) is 0. The largest absolute Gasteiger partial charge is 0.422 e. The molecule has 1 aliphatic carbocycles. The van der Waals surface area contributed by atoms with Crippen LogP contribution < -0.4 is 0 Å². The lowest BCUT2D eigenvalue weighted by Gasteiger charge is -2.12. The van der Waals surface area contributed by atoms with E-state index in [1.165, 1.54) is 11.1 Å². The predicted octanol–water partition coefficient (Wildman–Crippen LogP) is 4.70. The Morgan fingerprint density at radius 1 is 0.913 bits per heavy atom. The third-order valence-electron chi connectivity index (χ3n) is 4.16. The van der Waals surface area contributed by atoms with Crippen LogP contribution in [-0.4, -0.2) is 5.97 Å². The molecule has 0 bridgehead atoms. The summed E-state index contributed by atoms with van der Waals surface area (Å²) in [7, 11) is 0. The number of hydrogen-bond donors (Lipinski definition) is 0. The Labute approximate surface area is 135 Å². The van der Waals surface area contributed by atoms with Crippen LogP contribution in [0.5, 0.6) is 0 Å². The summed E-state index contributed by atoms with van der Waals surface area (Å²) in [5.41, 5.74) is 5.13. The minimum absolute atomic E-state index is 0.254. The molecule has 112 valence electrons. The number of fused-ring (bicyclic) bond motifs is 1. The van der Waals surface area contributed by atoms with E-state index in [2.05, 4.69) is 42.5 Å². The second kappa shape index (κ2) is 5.73. The number of benzene rings is 2. The number of allylic oxidation sites excluding steroid dienone is 5. The molecule has 4 rings (SSSR count). The fraction of sp³-hybridized carbons (Fsp3) is 0.0952. The second-order valence-electron chi connectivity index (χ2n) is 5.78. The lowest BCUT2D eigenvalue weighted by atomic mass is 9.94. The average molecular weight is 300 g/mol. The van der Waals surface area contributed by atoms with Crippen molar-refractivity contribution in [3.8, 4) is 0 Å². The predicted molar refractivity (Wildman–Crippen MR) is 90.8 cm³/mol. The molecule has 2 aliphatic rings. The van der Waals surface area contributed by atoms with Gasteiger partial charge in [-0.15, -0.1) is 0 Å². The van der Waals surface area contributed by atoms with E-state index in [0.29, 0.717) is 11.3 Å². The molecule has 2 aromatic carbocycles. The Bertz CT molecular complexity index is 854. The monoisotopic (exact) mass is 300 g/mol. The minimum atomic E-state index is -0.254. The van der Waals surface area contributed by atoms with E-state index in [4.69, 9.17) is 4.74 Å². The van der Waals surface area contributed by atoms with Crippen LogP contribution in [0, 0.1) is 0 Å². The summed E-state index contributed by atoms with van der Waals surface area (Å²) < 4.78 is 5.53. The zero-order valence-electron chi connectivity index (χ0n) is 12.7. The molecule has 0 N–H and O–H groups in total. The first kappa shape index (κ1) is 13.8. The van der Waals surface area contributed by atoms with E-state index in [0.717, 1.165) is 24.0 Å². The van der Waals surface area contributed by atoms with Gasteiger partial charge in [0.2, 0.25) is 0 Å². The van der Waals surface area contributed by atoms with Gasteiger partial charge in [0.25, 0.3) is 0 Å². The number of carbonyl (C=O) groups is 1. The van der Waals surface area contributed by atoms with Crippen molar-refractivity contribution >= 4 is 11.7 Å². The first-order valence-corrected chi connectivity index (χ1v) is 7.77. The van der Waals surface area contributed by atoms with Crippen LogP contribution in [-0.2, 0) is 11.2 Å². The molecular weight excluding hydrogens is 284 g/mol. The number of hydrogen-bond acceptors (Lipinski definition) is 2. The molecule has 1 aliphatic heterocycles. The maximum atomic E-state index is 12.0. The zero-order valence-corrected chi connectivity index (χ0v) is 12.7. The quantitative estimate of drug-likeness (QED) is 0.752. The molecule has 0 amide bonds. The van der Waals surface area contributed by atoms with E-state index >= 15 is 0 Å². The molecule has 0 atom stereocenters. The number of rotatable bonds is 2. The van der Waals surface area contributed by atoms with Crippen LogP contribution in [0.3, 0.4) is 0 Å². The molecule has 1 heterocycles. The summed E-state index contributed by atoms with van der Waals surface area (Å²) in [4.78, 5) is 12.0. The second-order valence-corrected chi connectivity index (χ2v) is 5.78. The minimum Gasteiger partial charge on any atom is -0.422 e. The van der Waals surface area contributed by atoms with E-state index in [9.17, 15) is 4.79 Å². The van der Waals surface area contributed by atoms with Crippen molar-refractivity contribution in [2.24, 2.45) is 0 Å². The highest BCUT2D eigenvalue weighted by Gasteiger charge is 2.28. The molecule has 0 saturated carbocycles. The van der Waals surface area contributed by atoms with E-state index in [1.807, 2.05) is 30.3 Å². The van der Waals surface area contributed by atoms with Crippen molar-refractivity contribution in [1.82, 2.24) is 0 Å². The van der Waals surface area contributed by atoms with E-state index in [1.54, 1.807) is 0 Å². The Hall–Kier alpha value is -2.87. The number of ether oxygens (including phenoxy) is 1. The number of cyclic esters (lactones) is 1. The summed E-state index contributed by atoms with van der Waals surface area (Å²) in [6.45, 7) is 0. The highest BCUT2D eigenvalue weighted by Crippen LogP contribution is 2.35. The topological polar surface area (TPSA) is 26.3 Å². The Morgan fingerprint density at radius 2 is 1.65 bits per heavy atom. The molecule has 2 aromatic rings. The molecular formula is C21H16O2. The fourth-order valence-electron chi connectivity index (χ4n) is 3.07. The summed E-state index contributed by atoms with van der Waals surface area (Å²) in [6.07, 6.45) is 8.10. The number of carbonyl (C=O) groups excluding carboxylic acids is 1. The first-order chi connectivity index (χ1) is 11.3. The highest BCUT2D eigenvalue weighted by atomic mass is 16.5. The fourth-order valence-corrected chi connectivity index (χ4v) is 3.07. The zero-order chi connectivity index (χ0) is 15.6. The summed E-state index contributed by atoms with van der Waals surface area (Å²) >= 11 is 0. The average Bonchev–Trinajstić information content (AvgIpc) is 2.94. The van der Waals surface area contributed by atoms with E-state index < -0.39 is 0 Å². The van der Waals surface area contributed by atoms with Gasteiger partial charge in [0.1, 0.15) is 5.76 Å². The van der Waals surface area contributed by atoms with Gasteiger partial charge in [0.15, 0.2) is 0 Å². The van der Waals surface area contributed by atoms with Crippen LogP contribution in [0.2, 0.25) is 0 Å². The maximum absolute atomic E-state index is 12.0. The SMILES string of the molecule is O=C1O/C(=C2\C=C(Cc3ccccc3)C=CC2)c2ccccc21. The Balaban J connectivity index is 1.70. The Kier molecular flexibility index (Phi) is 3.43. The summed E-state index contributed by atoms with van der Waals surface area (Å²) in [6, 6.07) is 18.0. The van der Waals surface area contributed by atoms with Crippen LogP contribution in [0.15, 0.2) is 84.0 Å². The van der Waals surface area contributed by atoms with Gasteiger partial charge in [-0.2, -0.15) is 0 Å². The van der Waals surface area contributed by atoms with Crippen molar-refractivity contribution < 1.29 is 9.53 Å². The maximum Gasteiger partial charge on any atom is 0.344 e. The van der Waals surface area contributed by atoms with Gasteiger partial charge in [-0.3, -0.25) is 0 Å². The van der Waals surface area contributed by atoms with Gasteiger partial charge in [0, 0.05) is 5.56 Å². The van der Waals surface area contributed by atoms with Crippen molar-refractivity contribution in [1.29, 1.82) is 0 Å². The number of esters is 1. The van der Waals surface area contributed by atoms with Crippen molar-refractivity contribution in [2.75, 3.05) is 0 Å². The Morgan fingerprint density at radius 3 is 2.48 bits per heavy atom. The van der Waals surface area contributed by atoms with Gasteiger partial charge < -0.3 is 4.74 Å². The van der Waals surface area contributed by atoms with Gasteiger partial charge in [-0.05, 0) is 35.6 Å². The third-order valence-corrected chi connectivity index (χ3v) is 4.16. The molecule has 2 heteroatoms. The van der Waals surface area contributed by atoms with Crippen LogP contribution >= 0.6 is 0 Å². The van der Waals surface area contributed by atoms with Gasteiger partial charge in [-0.1, -0.05) is 66.8 Å².